The van der Waals surface area contributed by atoms with Crippen LogP contribution in [0.2, 0.25) is 0 Å². The van der Waals surface area contributed by atoms with Crippen LogP contribution >= 0.6 is 0 Å². The van der Waals surface area contributed by atoms with Crippen LogP contribution in [0.15, 0.2) is 60.7 Å². The van der Waals surface area contributed by atoms with Gasteiger partial charge in [-0.3, -0.25) is 0 Å². The van der Waals surface area contributed by atoms with E-state index in [0.29, 0.717) is 6.04 Å². The molecule has 3 aromatic carbocycles. The number of fused-ring (bicyclic) bond motifs is 3. The van der Waals surface area contributed by atoms with E-state index in [0.717, 1.165) is 12.8 Å². The van der Waals surface area contributed by atoms with Crippen LogP contribution in [-0.2, 0) is 6.42 Å². The SMILES string of the molecule is C.C.CCC(C)n1c2ccccc2c2cc(Cc3ccc(C)cc3C)ccc21. The molecule has 4 aromatic rings. The summed E-state index contributed by atoms with van der Waals surface area (Å²) >= 11 is 0. The summed E-state index contributed by atoms with van der Waals surface area (Å²) in [7, 11) is 0. The van der Waals surface area contributed by atoms with Crippen LogP contribution in [0, 0.1) is 13.8 Å². The molecule has 1 heterocycles. The highest BCUT2D eigenvalue weighted by Crippen LogP contribution is 2.33. The van der Waals surface area contributed by atoms with E-state index in [4.69, 9.17) is 0 Å². The Morgan fingerprint density at radius 2 is 1.54 bits per heavy atom. The molecule has 1 atom stereocenters. The predicted octanol–water partition coefficient (Wildman–Crippen LogP) is 8.25. The lowest BCUT2D eigenvalue weighted by molar-refractivity contribution is 0.563. The maximum atomic E-state index is 2.51. The van der Waals surface area contributed by atoms with Gasteiger partial charge < -0.3 is 4.57 Å². The number of benzene rings is 3. The van der Waals surface area contributed by atoms with Gasteiger partial charge in [-0.15, -0.1) is 0 Å². The van der Waals surface area contributed by atoms with Gasteiger partial charge in [-0.25, -0.2) is 0 Å². The zero-order valence-electron chi connectivity index (χ0n) is 16.2. The summed E-state index contributed by atoms with van der Waals surface area (Å²) in [4.78, 5) is 0. The van der Waals surface area contributed by atoms with Gasteiger partial charge in [-0.1, -0.05) is 69.8 Å². The predicted molar refractivity (Wildman–Crippen MR) is 127 cm³/mol. The second kappa shape index (κ2) is 8.65. The minimum atomic E-state index is 0. The Morgan fingerprint density at radius 1 is 0.821 bits per heavy atom. The van der Waals surface area contributed by atoms with Crippen molar-refractivity contribution in [2.75, 3.05) is 0 Å². The molecule has 1 nitrogen and oxygen atoms in total. The molecule has 0 aliphatic carbocycles. The number of hydrogen-bond donors (Lipinski definition) is 0. The lowest BCUT2D eigenvalue weighted by Crippen LogP contribution is -2.03. The zero-order valence-corrected chi connectivity index (χ0v) is 16.2. The third-order valence-corrected chi connectivity index (χ3v) is 5.70. The first-order valence-electron chi connectivity index (χ1n) is 9.66. The Kier molecular flexibility index (Phi) is 6.72. The molecule has 0 spiro atoms. The van der Waals surface area contributed by atoms with Crippen molar-refractivity contribution in [1.29, 1.82) is 0 Å². The van der Waals surface area contributed by atoms with Crippen molar-refractivity contribution in [3.63, 3.8) is 0 Å². The number of aryl methyl sites for hydroxylation is 2. The standard InChI is InChI=1S/C25H27N.2CH4/c1-5-19(4)26-24-9-7-6-8-22(24)23-16-20(11-13-25(23)26)15-21-12-10-17(2)14-18(21)3;;/h6-14,16,19H,5,15H2,1-4H3;2*1H4. The zero-order chi connectivity index (χ0) is 18.3. The Hall–Kier alpha value is -2.54. The van der Waals surface area contributed by atoms with Crippen molar-refractivity contribution in [3.05, 3.63) is 82.9 Å². The molecular weight excluding hydrogens is 338 g/mol. The van der Waals surface area contributed by atoms with Gasteiger partial charge in [0.1, 0.15) is 0 Å². The van der Waals surface area contributed by atoms with Crippen molar-refractivity contribution < 1.29 is 0 Å². The van der Waals surface area contributed by atoms with Gasteiger partial charge >= 0.3 is 0 Å². The molecule has 0 aliphatic heterocycles. The van der Waals surface area contributed by atoms with Gasteiger partial charge in [-0.2, -0.15) is 0 Å². The molecule has 1 heteroatoms. The van der Waals surface area contributed by atoms with Gasteiger partial charge in [-0.05, 0) is 68.5 Å². The molecule has 0 bridgehead atoms. The summed E-state index contributed by atoms with van der Waals surface area (Å²) in [5.74, 6) is 0. The summed E-state index contributed by atoms with van der Waals surface area (Å²) in [5.41, 5.74) is 8.22. The first-order valence-corrected chi connectivity index (χ1v) is 9.66. The maximum Gasteiger partial charge on any atom is 0.0494 e. The highest BCUT2D eigenvalue weighted by atomic mass is 15.0. The lowest BCUT2D eigenvalue weighted by atomic mass is 9.98. The van der Waals surface area contributed by atoms with Crippen LogP contribution < -0.4 is 0 Å². The third-order valence-electron chi connectivity index (χ3n) is 5.70. The summed E-state index contributed by atoms with van der Waals surface area (Å²) in [6.45, 7) is 8.96. The molecule has 0 saturated heterocycles. The maximum absolute atomic E-state index is 2.51. The number of rotatable bonds is 4. The van der Waals surface area contributed by atoms with E-state index in [-0.39, 0.29) is 14.9 Å². The highest BCUT2D eigenvalue weighted by molar-refractivity contribution is 6.08. The normalized spacial score (nSPS) is 11.9. The van der Waals surface area contributed by atoms with E-state index in [1.807, 2.05) is 0 Å². The second-order valence-electron chi connectivity index (χ2n) is 7.60. The number of aromatic nitrogens is 1. The minimum Gasteiger partial charge on any atom is -0.338 e. The van der Waals surface area contributed by atoms with Gasteiger partial charge in [0.05, 0.1) is 0 Å². The molecule has 1 aromatic heterocycles. The average Bonchev–Trinajstić information content (AvgIpc) is 2.97. The van der Waals surface area contributed by atoms with Crippen molar-refractivity contribution in [3.8, 4) is 0 Å². The fraction of sp³-hybridized carbons (Fsp3) is 0.333. The van der Waals surface area contributed by atoms with E-state index < -0.39 is 0 Å². The molecule has 1 unspecified atom stereocenters. The molecular formula is C27H35N. The molecule has 28 heavy (non-hydrogen) atoms. The largest absolute Gasteiger partial charge is 0.338 e. The third kappa shape index (κ3) is 3.71. The van der Waals surface area contributed by atoms with Gasteiger partial charge in [0.25, 0.3) is 0 Å². The Bertz CT molecular complexity index is 1080. The molecule has 0 saturated carbocycles. The van der Waals surface area contributed by atoms with E-state index >= 15 is 0 Å². The quantitative estimate of drug-likeness (QED) is 0.339. The van der Waals surface area contributed by atoms with Crippen LogP contribution in [0.1, 0.15) is 63.4 Å². The van der Waals surface area contributed by atoms with Crippen molar-refractivity contribution in [2.45, 2.75) is 61.4 Å². The first kappa shape index (κ1) is 21.8. The van der Waals surface area contributed by atoms with Crippen molar-refractivity contribution in [2.24, 2.45) is 0 Å². The number of hydrogen-bond acceptors (Lipinski definition) is 0. The van der Waals surface area contributed by atoms with Gasteiger partial charge in [0.2, 0.25) is 0 Å². The first-order chi connectivity index (χ1) is 12.6. The molecule has 0 N–H and O–H groups in total. The minimum absolute atomic E-state index is 0. The molecule has 4 rings (SSSR count). The van der Waals surface area contributed by atoms with Gasteiger partial charge in [0.15, 0.2) is 0 Å². The van der Waals surface area contributed by atoms with E-state index in [9.17, 15) is 0 Å². The van der Waals surface area contributed by atoms with Crippen LogP contribution in [-0.4, -0.2) is 4.57 Å². The van der Waals surface area contributed by atoms with Crippen molar-refractivity contribution in [1.82, 2.24) is 4.57 Å². The Morgan fingerprint density at radius 3 is 2.25 bits per heavy atom. The second-order valence-corrected chi connectivity index (χ2v) is 7.60. The number of nitrogens with zero attached hydrogens (tertiary/aromatic N) is 1. The summed E-state index contributed by atoms with van der Waals surface area (Å²) in [5, 5.41) is 2.74. The smallest absolute Gasteiger partial charge is 0.0494 e. The molecule has 0 radical (unpaired) electrons. The summed E-state index contributed by atoms with van der Waals surface area (Å²) in [6.07, 6.45) is 2.13. The number of para-hydroxylation sites is 1. The molecule has 0 fully saturated rings. The highest BCUT2D eigenvalue weighted by Gasteiger charge is 2.14. The molecule has 148 valence electrons. The van der Waals surface area contributed by atoms with E-state index in [2.05, 4.69) is 92.9 Å². The fourth-order valence-electron chi connectivity index (χ4n) is 4.08. The monoisotopic (exact) mass is 373 g/mol. The van der Waals surface area contributed by atoms with Crippen LogP contribution in [0.3, 0.4) is 0 Å². The average molecular weight is 374 g/mol. The van der Waals surface area contributed by atoms with Crippen molar-refractivity contribution >= 4 is 21.8 Å². The van der Waals surface area contributed by atoms with Crippen LogP contribution in [0.4, 0.5) is 0 Å². The molecule has 0 aliphatic rings. The summed E-state index contributed by atoms with van der Waals surface area (Å²) < 4.78 is 2.51. The summed E-state index contributed by atoms with van der Waals surface area (Å²) in [6, 6.07) is 23.1. The molecule has 0 amide bonds. The Labute approximate surface area is 171 Å². The van der Waals surface area contributed by atoms with Crippen LogP contribution in [0.25, 0.3) is 21.8 Å². The van der Waals surface area contributed by atoms with Gasteiger partial charge in [0, 0.05) is 27.8 Å². The topological polar surface area (TPSA) is 4.93 Å². The lowest BCUT2D eigenvalue weighted by Gasteiger charge is -2.15. The van der Waals surface area contributed by atoms with E-state index in [1.165, 1.54) is 44.1 Å². The van der Waals surface area contributed by atoms with E-state index in [1.54, 1.807) is 0 Å². The fourth-order valence-corrected chi connectivity index (χ4v) is 4.08. The van der Waals surface area contributed by atoms with Crippen LogP contribution in [0.5, 0.6) is 0 Å². The Balaban J connectivity index is 0.00000140.